The largest absolute Gasteiger partial charge is 0.433 e. The molecule has 172 valence electrons. The average Bonchev–Trinajstić information content (AvgIpc) is 2.85. The van der Waals surface area contributed by atoms with Crippen molar-refractivity contribution < 1.29 is 18.0 Å². The molecule has 0 aliphatic rings. The van der Waals surface area contributed by atoms with Gasteiger partial charge in [-0.1, -0.05) is 6.07 Å². The number of carbonyl (C=O) groups excluding carboxylic acids is 1. The first-order chi connectivity index (χ1) is 16.2. The first-order valence-electron chi connectivity index (χ1n) is 10.2. The zero-order valence-corrected chi connectivity index (χ0v) is 18.2. The highest BCUT2D eigenvalue weighted by atomic mass is 19.4. The molecular weight excluding hydrogens is 445 g/mol. The second kappa shape index (κ2) is 9.26. The molecule has 0 aliphatic carbocycles. The van der Waals surface area contributed by atoms with Crippen molar-refractivity contribution in [1.82, 2.24) is 19.9 Å². The third-order valence-corrected chi connectivity index (χ3v) is 5.01. The summed E-state index contributed by atoms with van der Waals surface area (Å²) < 4.78 is 38.8. The molecule has 4 rings (SSSR count). The van der Waals surface area contributed by atoms with Crippen molar-refractivity contribution in [2.24, 2.45) is 0 Å². The molecule has 3 heterocycles. The number of anilines is 2. The number of benzene rings is 1. The van der Waals surface area contributed by atoms with Crippen LogP contribution in [0.1, 0.15) is 21.6 Å². The summed E-state index contributed by atoms with van der Waals surface area (Å²) in [7, 11) is 1.77. The summed E-state index contributed by atoms with van der Waals surface area (Å²) in [6.45, 7) is 1.90. The molecule has 0 saturated heterocycles. The maximum absolute atomic E-state index is 12.9. The highest BCUT2D eigenvalue weighted by Crippen LogP contribution is 2.29. The second-order valence-corrected chi connectivity index (χ2v) is 7.36. The maximum Gasteiger partial charge on any atom is 0.433 e. The molecule has 0 saturated carbocycles. The number of hydrogen-bond acceptors (Lipinski definition) is 6. The summed E-state index contributed by atoms with van der Waals surface area (Å²) in [5.41, 5.74) is 2.19. The lowest BCUT2D eigenvalue weighted by Gasteiger charge is -2.12. The van der Waals surface area contributed by atoms with E-state index < -0.39 is 17.8 Å². The number of hydrogen-bond donors (Lipinski definition) is 2. The second-order valence-electron chi connectivity index (χ2n) is 7.36. The van der Waals surface area contributed by atoms with Crippen molar-refractivity contribution in [3.05, 3.63) is 83.9 Å². The van der Waals surface area contributed by atoms with E-state index in [1.54, 1.807) is 49.8 Å². The number of rotatable bonds is 5. The molecule has 0 bridgehead atoms. The molecule has 1 aromatic carbocycles. The monoisotopic (exact) mass is 464 g/mol. The van der Waals surface area contributed by atoms with Gasteiger partial charge in [0.1, 0.15) is 11.5 Å². The van der Waals surface area contributed by atoms with Crippen LogP contribution in [0.4, 0.5) is 24.7 Å². The van der Waals surface area contributed by atoms with E-state index >= 15 is 0 Å². The van der Waals surface area contributed by atoms with Crippen molar-refractivity contribution in [2.45, 2.75) is 13.1 Å². The summed E-state index contributed by atoms with van der Waals surface area (Å²) >= 11 is 0. The van der Waals surface area contributed by atoms with E-state index in [0.717, 1.165) is 29.0 Å². The smallest absolute Gasteiger partial charge is 0.373 e. The van der Waals surface area contributed by atoms with E-state index in [9.17, 15) is 18.0 Å². The van der Waals surface area contributed by atoms with Gasteiger partial charge in [-0.05, 0) is 55.0 Å². The van der Waals surface area contributed by atoms with Crippen LogP contribution in [0.2, 0.25) is 0 Å². The van der Waals surface area contributed by atoms with E-state index in [1.807, 2.05) is 13.0 Å². The van der Waals surface area contributed by atoms with Gasteiger partial charge in [0.05, 0.1) is 5.69 Å². The summed E-state index contributed by atoms with van der Waals surface area (Å²) in [6.07, 6.45) is -0.389. The number of pyridine rings is 2. The van der Waals surface area contributed by atoms with Gasteiger partial charge in [-0.3, -0.25) is 9.78 Å². The van der Waals surface area contributed by atoms with Crippen LogP contribution in [-0.4, -0.2) is 32.9 Å². The quantitative estimate of drug-likeness (QED) is 0.421. The molecule has 0 aliphatic heterocycles. The molecule has 2 N–H and O–H groups in total. The van der Waals surface area contributed by atoms with Gasteiger partial charge in [0, 0.05) is 48.0 Å². The van der Waals surface area contributed by atoms with E-state index in [1.165, 1.54) is 6.07 Å². The Morgan fingerprint density at radius 1 is 0.912 bits per heavy atom. The Morgan fingerprint density at radius 3 is 2.44 bits per heavy atom. The number of carbonyl (C=O) groups is 1. The lowest BCUT2D eigenvalue weighted by atomic mass is 10.0. The highest BCUT2D eigenvalue weighted by Gasteiger charge is 2.33. The zero-order valence-electron chi connectivity index (χ0n) is 18.2. The van der Waals surface area contributed by atoms with Crippen LogP contribution in [0.5, 0.6) is 0 Å². The molecule has 34 heavy (non-hydrogen) atoms. The molecule has 0 radical (unpaired) electrons. The van der Waals surface area contributed by atoms with Crippen molar-refractivity contribution in [3.8, 4) is 22.6 Å². The summed E-state index contributed by atoms with van der Waals surface area (Å²) in [4.78, 5) is 29.1. The van der Waals surface area contributed by atoms with Gasteiger partial charge < -0.3 is 10.6 Å². The Bertz CT molecular complexity index is 1360. The number of nitrogens with zero attached hydrogens (tertiary/aromatic N) is 4. The van der Waals surface area contributed by atoms with Crippen molar-refractivity contribution in [1.29, 1.82) is 0 Å². The average molecular weight is 464 g/mol. The number of nitrogens with one attached hydrogen (secondary N) is 2. The van der Waals surface area contributed by atoms with Crippen molar-refractivity contribution in [2.75, 3.05) is 17.7 Å². The third-order valence-electron chi connectivity index (χ3n) is 5.01. The zero-order chi connectivity index (χ0) is 24.3. The lowest BCUT2D eigenvalue weighted by Crippen LogP contribution is -2.15. The van der Waals surface area contributed by atoms with E-state index in [0.29, 0.717) is 23.0 Å². The fourth-order valence-corrected chi connectivity index (χ4v) is 3.26. The molecule has 3 aromatic heterocycles. The maximum atomic E-state index is 12.9. The minimum absolute atomic E-state index is 0.146. The Labute approximate surface area is 193 Å². The minimum atomic E-state index is -4.64. The number of amides is 1. The van der Waals surface area contributed by atoms with Crippen LogP contribution in [0, 0.1) is 6.92 Å². The first kappa shape index (κ1) is 22.8. The van der Waals surface area contributed by atoms with Gasteiger partial charge in [0.2, 0.25) is 0 Å². The lowest BCUT2D eigenvalue weighted by molar-refractivity contribution is -0.141. The standard InChI is InChI=1S/C24H19F3N6O/c1-14-3-4-17(32-23(34)16-6-8-29-20(11-16)24(25,26)27)13-18(14)19-7-10-31-22(33-19)15-5-9-30-21(12-15)28-2/h3-13H,1-2H3,(H,28,30)(H,32,34). The first-order valence-corrected chi connectivity index (χ1v) is 10.2. The summed E-state index contributed by atoms with van der Waals surface area (Å²) in [6, 6.07) is 12.5. The van der Waals surface area contributed by atoms with Gasteiger partial charge in [-0.15, -0.1) is 0 Å². The molecule has 0 atom stereocenters. The fourth-order valence-electron chi connectivity index (χ4n) is 3.26. The van der Waals surface area contributed by atoms with E-state index in [-0.39, 0.29) is 5.56 Å². The Morgan fingerprint density at radius 2 is 1.68 bits per heavy atom. The van der Waals surface area contributed by atoms with Gasteiger partial charge >= 0.3 is 6.18 Å². The summed E-state index contributed by atoms with van der Waals surface area (Å²) in [5, 5.41) is 5.61. The molecule has 4 aromatic rings. The molecule has 10 heteroatoms. The minimum Gasteiger partial charge on any atom is -0.373 e. The van der Waals surface area contributed by atoms with Crippen LogP contribution < -0.4 is 10.6 Å². The van der Waals surface area contributed by atoms with Crippen LogP contribution in [0.15, 0.2) is 67.1 Å². The fraction of sp³-hybridized carbons (Fsp3) is 0.125. The van der Waals surface area contributed by atoms with Crippen LogP contribution >= 0.6 is 0 Å². The van der Waals surface area contributed by atoms with Crippen LogP contribution in [0.25, 0.3) is 22.6 Å². The number of aromatic nitrogens is 4. The molecule has 0 unspecified atom stereocenters. The Hall–Kier alpha value is -4.34. The Balaban J connectivity index is 1.63. The topological polar surface area (TPSA) is 92.7 Å². The molecule has 7 nitrogen and oxygen atoms in total. The predicted octanol–water partition coefficient (Wildman–Crippen LogP) is 5.22. The SMILES string of the molecule is CNc1cc(-c2nccc(-c3cc(NC(=O)c4ccnc(C(F)(F)F)c4)ccc3C)n2)ccn1. The molecular formula is C24H19F3N6O. The predicted molar refractivity (Wildman–Crippen MR) is 122 cm³/mol. The van der Waals surface area contributed by atoms with Crippen molar-refractivity contribution in [3.63, 3.8) is 0 Å². The Kier molecular flexibility index (Phi) is 6.22. The highest BCUT2D eigenvalue weighted by molar-refractivity contribution is 6.04. The van der Waals surface area contributed by atoms with Gasteiger partial charge in [-0.25, -0.2) is 15.0 Å². The van der Waals surface area contributed by atoms with Crippen LogP contribution in [-0.2, 0) is 6.18 Å². The van der Waals surface area contributed by atoms with Crippen LogP contribution in [0.3, 0.4) is 0 Å². The normalized spacial score (nSPS) is 11.2. The van der Waals surface area contributed by atoms with Gasteiger partial charge in [-0.2, -0.15) is 13.2 Å². The van der Waals surface area contributed by atoms with E-state index in [4.69, 9.17) is 0 Å². The van der Waals surface area contributed by atoms with Gasteiger partial charge in [0.15, 0.2) is 5.82 Å². The van der Waals surface area contributed by atoms with Gasteiger partial charge in [0.25, 0.3) is 5.91 Å². The van der Waals surface area contributed by atoms with E-state index in [2.05, 4.69) is 30.6 Å². The number of aryl methyl sites for hydroxylation is 1. The molecule has 1 amide bonds. The third kappa shape index (κ3) is 5.01. The number of halogens is 3. The summed E-state index contributed by atoms with van der Waals surface area (Å²) in [5.74, 6) is 0.501. The molecule has 0 fully saturated rings. The van der Waals surface area contributed by atoms with Crippen molar-refractivity contribution >= 4 is 17.4 Å². The molecule has 0 spiro atoms. The number of alkyl halides is 3.